The average Bonchev–Trinajstić information content (AvgIpc) is 3.23. The van der Waals surface area contributed by atoms with Crippen molar-refractivity contribution in [1.29, 1.82) is 0 Å². The van der Waals surface area contributed by atoms with E-state index in [1.165, 1.54) is 4.68 Å². The lowest BCUT2D eigenvalue weighted by Crippen LogP contribution is -2.35. The van der Waals surface area contributed by atoms with Gasteiger partial charge in [0.05, 0.1) is 29.5 Å². The fourth-order valence-corrected chi connectivity index (χ4v) is 3.14. The molecule has 1 aliphatic heterocycles. The van der Waals surface area contributed by atoms with Crippen LogP contribution in [0.5, 0.6) is 0 Å². The number of morpholine rings is 1. The van der Waals surface area contributed by atoms with Gasteiger partial charge in [0.1, 0.15) is 5.76 Å². The number of nitrogens with one attached hydrogen (secondary N) is 1. The van der Waals surface area contributed by atoms with Crippen LogP contribution in [-0.4, -0.2) is 36.1 Å². The van der Waals surface area contributed by atoms with E-state index in [0.29, 0.717) is 40.3 Å². The summed E-state index contributed by atoms with van der Waals surface area (Å²) in [5.74, 6) is 1.38. The minimum absolute atomic E-state index is 0.207. The van der Waals surface area contributed by atoms with Crippen LogP contribution in [0.25, 0.3) is 18.3 Å². The molecule has 134 valence electrons. The number of benzene rings is 1. The molecule has 0 aliphatic carbocycles. The zero-order valence-corrected chi connectivity index (χ0v) is 14.8. The van der Waals surface area contributed by atoms with Gasteiger partial charge in [0.15, 0.2) is 5.88 Å². The van der Waals surface area contributed by atoms with E-state index in [0.717, 1.165) is 19.0 Å². The number of furan rings is 1. The van der Waals surface area contributed by atoms with Gasteiger partial charge in [-0.05, 0) is 30.3 Å². The molecule has 3 heterocycles. The van der Waals surface area contributed by atoms with Crippen molar-refractivity contribution in [3.8, 4) is 5.69 Å². The maximum Gasteiger partial charge on any atom is 0.279 e. The van der Waals surface area contributed by atoms with Crippen molar-refractivity contribution in [2.24, 2.45) is 0 Å². The predicted molar refractivity (Wildman–Crippen MR) is 101 cm³/mol. The normalized spacial score (nSPS) is 15.6. The topological polar surface area (TPSA) is 63.4 Å². The second-order valence-corrected chi connectivity index (χ2v) is 6.48. The number of aromatic amines is 1. The number of rotatable bonds is 3. The monoisotopic (exact) mass is 371 g/mol. The van der Waals surface area contributed by atoms with E-state index < -0.39 is 0 Å². The Kier molecular flexibility index (Phi) is 4.44. The number of ether oxygens (including phenoxy) is 1. The first kappa shape index (κ1) is 16.8. The largest absolute Gasteiger partial charge is 0.441 e. The highest BCUT2D eigenvalue weighted by Crippen LogP contribution is 2.19. The maximum absolute atomic E-state index is 12.8. The van der Waals surface area contributed by atoms with Gasteiger partial charge in [-0.2, -0.15) is 0 Å². The second-order valence-electron chi connectivity index (χ2n) is 6.04. The van der Waals surface area contributed by atoms with Crippen molar-refractivity contribution in [2.75, 3.05) is 31.2 Å². The minimum atomic E-state index is -0.207. The van der Waals surface area contributed by atoms with Crippen molar-refractivity contribution in [3.05, 3.63) is 68.1 Å². The number of nitrogens with zero attached hydrogens (tertiary/aromatic N) is 2. The van der Waals surface area contributed by atoms with Gasteiger partial charge in [0.2, 0.25) is 0 Å². The Labute approximate surface area is 154 Å². The van der Waals surface area contributed by atoms with Gasteiger partial charge < -0.3 is 14.1 Å². The van der Waals surface area contributed by atoms with E-state index in [4.69, 9.17) is 20.8 Å². The molecule has 0 amide bonds. The molecule has 0 bridgehead atoms. The Balaban J connectivity index is 1.71. The SMILES string of the molecule is C=c1[nH]n(-c2cccc(Cl)c2)c(=O)/c1=C\c1ccc(N2CCOCC2)o1. The first-order valence-electron chi connectivity index (χ1n) is 8.32. The van der Waals surface area contributed by atoms with Crippen LogP contribution >= 0.6 is 11.6 Å². The van der Waals surface area contributed by atoms with Crippen LogP contribution in [0, 0.1) is 0 Å². The molecule has 1 aliphatic rings. The Morgan fingerprint density at radius 2 is 2.00 bits per heavy atom. The fraction of sp³-hybridized carbons (Fsp3) is 0.211. The first-order chi connectivity index (χ1) is 12.6. The number of hydrogen-bond donors (Lipinski definition) is 1. The van der Waals surface area contributed by atoms with Crippen molar-refractivity contribution in [2.45, 2.75) is 0 Å². The summed E-state index contributed by atoms with van der Waals surface area (Å²) in [5.41, 5.74) is 0.446. The summed E-state index contributed by atoms with van der Waals surface area (Å²) >= 11 is 6.02. The van der Waals surface area contributed by atoms with Gasteiger partial charge in [-0.1, -0.05) is 24.2 Å². The van der Waals surface area contributed by atoms with Crippen LogP contribution in [0.3, 0.4) is 0 Å². The third kappa shape index (κ3) is 3.21. The standard InChI is InChI=1S/C19H18ClN3O3/c1-13-17(19(24)23(21-13)15-4-2-3-14(20)11-15)12-16-5-6-18(26-16)22-7-9-25-10-8-22/h2-6,11-12,21H,1,7-10H2/b17-12-. The van der Waals surface area contributed by atoms with Gasteiger partial charge in [0.25, 0.3) is 5.56 Å². The van der Waals surface area contributed by atoms with Crippen LogP contribution in [0.15, 0.2) is 45.6 Å². The van der Waals surface area contributed by atoms with Crippen molar-refractivity contribution < 1.29 is 9.15 Å². The highest BCUT2D eigenvalue weighted by molar-refractivity contribution is 6.30. The quantitative estimate of drug-likeness (QED) is 0.757. The van der Waals surface area contributed by atoms with Crippen molar-refractivity contribution >= 4 is 30.1 Å². The van der Waals surface area contributed by atoms with Gasteiger partial charge in [0, 0.05) is 24.2 Å². The van der Waals surface area contributed by atoms with E-state index in [1.54, 1.807) is 30.3 Å². The lowest BCUT2D eigenvalue weighted by Gasteiger charge is -2.26. The molecule has 7 heteroatoms. The van der Waals surface area contributed by atoms with Crippen LogP contribution < -0.4 is 21.0 Å². The van der Waals surface area contributed by atoms with Gasteiger partial charge >= 0.3 is 0 Å². The van der Waals surface area contributed by atoms with E-state index in [2.05, 4.69) is 16.6 Å². The molecule has 1 aromatic carbocycles. The summed E-state index contributed by atoms with van der Waals surface area (Å²) in [6.45, 7) is 6.89. The highest BCUT2D eigenvalue weighted by Gasteiger charge is 2.14. The molecule has 0 atom stereocenters. The molecule has 3 aromatic rings. The molecule has 1 saturated heterocycles. The molecular weight excluding hydrogens is 354 g/mol. The molecule has 2 aromatic heterocycles. The zero-order valence-electron chi connectivity index (χ0n) is 14.1. The Morgan fingerprint density at radius 1 is 1.19 bits per heavy atom. The highest BCUT2D eigenvalue weighted by atomic mass is 35.5. The van der Waals surface area contributed by atoms with Crippen LogP contribution in [-0.2, 0) is 4.74 Å². The third-order valence-corrected chi connectivity index (χ3v) is 4.53. The number of aromatic nitrogens is 2. The third-order valence-electron chi connectivity index (χ3n) is 4.29. The van der Waals surface area contributed by atoms with Crippen LogP contribution in [0.4, 0.5) is 5.88 Å². The minimum Gasteiger partial charge on any atom is -0.441 e. The lowest BCUT2D eigenvalue weighted by molar-refractivity contribution is 0.120. The molecule has 26 heavy (non-hydrogen) atoms. The van der Waals surface area contributed by atoms with Crippen LogP contribution in [0.2, 0.25) is 5.02 Å². The lowest BCUT2D eigenvalue weighted by atomic mass is 10.3. The number of hydrogen-bond acceptors (Lipinski definition) is 4. The smallest absolute Gasteiger partial charge is 0.279 e. The zero-order chi connectivity index (χ0) is 18.1. The van der Waals surface area contributed by atoms with E-state index >= 15 is 0 Å². The molecule has 0 saturated carbocycles. The first-order valence-corrected chi connectivity index (χ1v) is 8.70. The van der Waals surface area contributed by atoms with E-state index in [1.807, 2.05) is 12.1 Å². The summed E-state index contributed by atoms with van der Waals surface area (Å²) in [7, 11) is 0. The van der Waals surface area contributed by atoms with Crippen molar-refractivity contribution in [3.63, 3.8) is 0 Å². The molecule has 0 unspecified atom stereocenters. The summed E-state index contributed by atoms with van der Waals surface area (Å²) in [6.07, 6.45) is 1.70. The molecule has 0 radical (unpaired) electrons. The summed E-state index contributed by atoms with van der Waals surface area (Å²) in [6, 6.07) is 10.8. The van der Waals surface area contributed by atoms with Gasteiger partial charge in [-0.3, -0.25) is 9.89 Å². The van der Waals surface area contributed by atoms with E-state index in [-0.39, 0.29) is 5.56 Å². The molecule has 4 rings (SSSR count). The molecular formula is C19H18ClN3O3. The molecule has 1 N–H and O–H groups in total. The fourth-order valence-electron chi connectivity index (χ4n) is 2.96. The van der Waals surface area contributed by atoms with Gasteiger partial charge in [-0.15, -0.1) is 0 Å². The predicted octanol–water partition coefficient (Wildman–Crippen LogP) is 1.49. The average molecular weight is 372 g/mol. The second kappa shape index (κ2) is 6.90. The molecule has 1 fully saturated rings. The Bertz CT molecular complexity index is 1090. The summed E-state index contributed by atoms with van der Waals surface area (Å²) < 4.78 is 12.6. The number of anilines is 1. The number of H-pyrrole nitrogens is 1. The maximum atomic E-state index is 12.8. The van der Waals surface area contributed by atoms with Crippen molar-refractivity contribution in [1.82, 2.24) is 9.78 Å². The van der Waals surface area contributed by atoms with E-state index in [9.17, 15) is 4.79 Å². The number of halogens is 1. The van der Waals surface area contributed by atoms with Gasteiger partial charge in [-0.25, -0.2) is 4.68 Å². The Hall–Kier alpha value is -2.70. The summed E-state index contributed by atoms with van der Waals surface area (Å²) in [4.78, 5) is 14.9. The summed E-state index contributed by atoms with van der Waals surface area (Å²) in [5, 5.41) is 4.50. The molecule has 6 nitrogen and oxygen atoms in total. The van der Waals surface area contributed by atoms with Crippen LogP contribution in [0.1, 0.15) is 5.76 Å². The molecule has 0 spiro atoms. The Morgan fingerprint density at radius 3 is 2.77 bits per heavy atom.